The molecule has 31 heavy (non-hydrogen) atoms. The fourth-order valence-electron chi connectivity index (χ4n) is 2.92. The van der Waals surface area contributed by atoms with Gasteiger partial charge in [0.1, 0.15) is 11.5 Å². The number of carbonyl (C=O) groups is 2. The minimum absolute atomic E-state index is 0.0357. The van der Waals surface area contributed by atoms with Crippen LogP contribution >= 0.6 is 22.9 Å². The van der Waals surface area contributed by atoms with E-state index in [-0.39, 0.29) is 35.1 Å². The van der Waals surface area contributed by atoms with E-state index in [2.05, 4.69) is 15.0 Å². The average Bonchev–Trinajstić information content (AvgIpc) is 3.30. The quantitative estimate of drug-likeness (QED) is 0.451. The van der Waals surface area contributed by atoms with E-state index in [1.54, 1.807) is 18.5 Å². The van der Waals surface area contributed by atoms with Crippen molar-refractivity contribution < 1.29 is 22.8 Å². The Hall–Kier alpha value is -2.59. The molecule has 0 saturated heterocycles. The summed E-state index contributed by atoms with van der Waals surface area (Å²) in [5, 5.41) is 0.0709. The van der Waals surface area contributed by atoms with E-state index < -0.39 is 22.5 Å². The lowest BCUT2D eigenvalue weighted by molar-refractivity contribution is -0.137. The van der Waals surface area contributed by atoms with Crippen molar-refractivity contribution in [1.29, 1.82) is 0 Å². The molecule has 3 aromatic rings. The molecule has 0 spiro atoms. The second-order valence-corrected chi connectivity index (χ2v) is 8.56. The van der Waals surface area contributed by atoms with Crippen molar-refractivity contribution in [2.45, 2.75) is 38.8 Å². The summed E-state index contributed by atoms with van der Waals surface area (Å²) in [7, 11) is 1.76. The topological polar surface area (TPSA) is 77.7 Å². The van der Waals surface area contributed by atoms with Gasteiger partial charge in [0.15, 0.2) is 11.6 Å². The van der Waals surface area contributed by atoms with Crippen molar-refractivity contribution in [3.63, 3.8) is 0 Å². The zero-order valence-corrected chi connectivity index (χ0v) is 18.4. The molecule has 0 N–H and O–H groups in total. The number of carbonyl (C=O) groups excluding carboxylic acids is 2. The molecule has 3 aromatic heterocycles. The third-order valence-corrected chi connectivity index (χ3v) is 6.35. The standard InChI is InChI=1S/C20H18ClF3N4O2S/c1-10(4-16(29)15-8-25-11(2)28(15)3)19-27-9-18(31-19)17(30)6-12-5-13(20(22,23)24)14(21)7-26-12/h5,7-10H,4,6H2,1-3H3/t10-/m0/s1. The Bertz CT molecular complexity index is 1140. The summed E-state index contributed by atoms with van der Waals surface area (Å²) in [6, 6.07) is 0.777. The van der Waals surface area contributed by atoms with Gasteiger partial charge < -0.3 is 4.57 Å². The van der Waals surface area contributed by atoms with Crippen LogP contribution in [0.2, 0.25) is 5.02 Å². The number of Topliss-reactive ketones (excluding diaryl/α,β-unsaturated/α-hetero) is 2. The average molecular weight is 471 g/mol. The van der Waals surface area contributed by atoms with Crippen molar-refractivity contribution >= 4 is 34.5 Å². The summed E-state index contributed by atoms with van der Waals surface area (Å²) in [6.07, 6.45) is -0.978. The fourth-order valence-corrected chi connectivity index (χ4v) is 4.04. The predicted octanol–water partition coefficient (Wildman–Crippen LogP) is 5.05. The predicted molar refractivity (Wildman–Crippen MR) is 110 cm³/mol. The molecule has 0 aliphatic carbocycles. The number of thiazole rings is 1. The highest BCUT2D eigenvalue weighted by Gasteiger charge is 2.34. The van der Waals surface area contributed by atoms with Crippen LogP contribution in [0.1, 0.15) is 61.5 Å². The molecule has 0 aliphatic rings. The molecule has 1 atom stereocenters. The van der Waals surface area contributed by atoms with Gasteiger partial charge in [-0.2, -0.15) is 13.2 Å². The van der Waals surface area contributed by atoms with E-state index in [1.165, 1.54) is 12.4 Å². The molecule has 6 nitrogen and oxygen atoms in total. The van der Waals surface area contributed by atoms with Gasteiger partial charge in [-0.3, -0.25) is 14.6 Å². The van der Waals surface area contributed by atoms with Crippen LogP contribution in [0.5, 0.6) is 0 Å². The van der Waals surface area contributed by atoms with Crippen LogP contribution in [-0.2, 0) is 19.6 Å². The number of aromatic nitrogens is 4. The Balaban J connectivity index is 1.69. The van der Waals surface area contributed by atoms with Crippen molar-refractivity contribution in [3.8, 4) is 0 Å². The lowest BCUT2D eigenvalue weighted by Gasteiger charge is -2.09. The first-order chi connectivity index (χ1) is 14.5. The summed E-state index contributed by atoms with van der Waals surface area (Å²) in [5.74, 6) is -0.0152. The lowest BCUT2D eigenvalue weighted by Crippen LogP contribution is -2.10. The molecule has 164 valence electrons. The first-order valence-electron chi connectivity index (χ1n) is 9.19. The Morgan fingerprint density at radius 2 is 1.87 bits per heavy atom. The molecular formula is C20H18ClF3N4O2S. The smallest absolute Gasteiger partial charge is 0.329 e. The number of hydrogen-bond acceptors (Lipinski definition) is 6. The Morgan fingerprint density at radius 3 is 2.48 bits per heavy atom. The number of aryl methyl sites for hydroxylation is 1. The fraction of sp³-hybridized carbons (Fsp3) is 0.350. The number of nitrogens with zero attached hydrogens (tertiary/aromatic N) is 4. The molecule has 0 amide bonds. The highest BCUT2D eigenvalue weighted by molar-refractivity contribution is 7.13. The second-order valence-electron chi connectivity index (χ2n) is 7.09. The Morgan fingerprint density at radius 1 is 1.16 bits per heavy atom. The van der Waals surface area contributed by atoms with Gasteiger partial charge in [0, 0.05) is 37.5 Å². The van der Waals surface area contributed by atoms with Crippen LogP contribution in [0.15, 0.2) is 24.7 Å². The highest BCUT2D eigenvalue weighted by Crippen LogP contribution is 2.34. The number of halogens is 4. The monoisotopic (exact) mass is 470 g/mol. The van der Waals surface area contributed by atoms with E-state index in [0.717, 1.165) is 29.4 Å². The molecule has 0 unspecified atom stereocenters. The summed E-state index contributed by atoms with van der Waals surface area (Å²) in [6.45, 7) is 3.62. The molecule has 3 rings (SSSR count). The van der Waals surface area contributed by atoms with E-state index in [9.17, 15) is 22.8 Å². The maximum Gasteiger partial charge on any atom is 0.417 e. The summed E-state index contributed by atoms with van der Waals surface area (Å²) >= 11 is 6.68. The van der Waals surface area contributed by atoms with Crippen LogP contribution < -0.4 is 0 Å². The number of rotatable bonds is 7. The van der Waals surface area contributed by atoms with Crippen molar-refractivity contribution in [2.75, 3.05) is 0 Å². The number of pyridine rings is 1. The molecule has 0 fully saturated rings. The minimum atomic E-state index is -4.64. The van der Waals surface area contributed by atoms with Gasteiger partial charge in [0.05, 0.1) is 33.1 Å². The molecule has 11 heteroatoms. The van der Waals surface area contributed by atoms with Crippen LogP contribution in [0, 0.1) is 6.92 Å². The van der Waals surface area contributed by atoms with E-state index in [4.69, 9.17) is 11.6 Å². The normalized spacial score (nSPS) is 12.7. The van der Waals surface area contributed by atoms with Crippen molar-refractivity contribution in [1.82, 2.24) is 19.5 Å². The Labute approximate surface area is 185 Å². The minimum Gasteiger partial charge on any atom is -0.329 e. The van der Waals surface area contributed by atoms with Crippen molar-refractivity contribution in [3.05, 3.63) is 62.3 Å². The molecule has 0 saturated carbocycles. The number of alkyl halides is 3. The van der Waals surface area contributed by atoms with E-state index in [0.29, 0.717) is 10.7 Å². The van der Waals surface area contributed by atoms with Crippen LogP contribution in [0.4, 0.5) is 13.2 Å². The number of ketones is 2. The van der Waals surface area contributed by atoms with Crippen LogP contribution in [0.25, 0.3) is 0 Å². The summed E-state index contributed by atoms with van der Waals surface area (Å²) in [4.78, 5) is 37.5. The zero-order chi connectivity index (χ0) is 22.9. The summed E-state index contributed by atoms with van der Waals surface area (Å²) in [5.41, 5.74) is -0.576. The van der Waals surface area contributed by atoms with Gasteiger partial charge >= 0.3 is 6.18 Å². The zero-order valence-electron chi connectivity index (χ0n) is 16.8. The molecular weight excluding hydrogens is 453 g/mol. The first-order valence-corrected chi connectivity index (χ1v) is 10.4. The van der Waals surface area contributed by atoms with Crippen molar-refractivity contribution in [2.24, 2.45) is 7.05 Å². The maximum atomic E-state index is 13.0. The largest absolute Gasteiger partial charge is 0.417 e. The molecule has 3 heterocycles. The van der Waals surface area contributed by atoms with E-state index in [1.807, 2.05) is 6.92 Å². The third-order valence-electron chi connectivity index (χ3n) is 4.78. The SMILES string of the molecule is Cc1ncc(C(=O)C[C@H](C)c2ncc(C(=O)Cc3cc(C(F)(F)F)c(Cl)cn3)s2)n1C. The van der Waals surface area contributed by atoms with Gasteiger partial charge in [-0.05, 0) is 13.0 Å². The van der Waals surface area contributed by atoms with Gasteiger partial charge in [0.25, 0.3) is 0 Å². The summed E-state index contributed by atoms with van der Waals surface area (Å²) < 4.78 is 40.7. The maximum absolute atomic E-state index is 13.0. The van der Waals surface area contributed by atoms with Gasteiger partial charge in [-0.25, -0.2) is 9.97 Å². The highest BCUT2D eigenvalue weighted by atomic mass is 35.5. The molecule has 0 radical (unpaired) electrons. The first kappa shape index (κ1) is 23.1. The number of imidazole rings is 1. The molecule has 0 bridgehead atoms. The molecule has 0 aliphatic heterocycles. The third kappa shape index (κ3) is 5.19. The van der Waals surface area contributed by atoms with Crippen LogP contribution in [-0.4, -0.2) is 31.1 Å². The van der Waals surface area contributed by atoms with Gasteiger partial charge in [-0.15, -0.1) is 11.3 Å². The van der Waals surface area contributed by atoms with E-state index >= 15 is 0 Å². The lowest BCUT2D eigenvalue weighted by atomic mass is 10.0. The van der Waals surface area contributed by atoms with Crippen LogP contribution in [0.3, 0.4) is 0 Å². The van der Waals surface area contributed by atoms with Gasteiger partial charge in [-0.1, -0.05) is 18.5 Å². The second kappa shape index (κ2) is 8.88. The Kier molecular flexibility index (Phi) is 6.61. The molecule has 0 aromatic carbocycles. The van der Waals surface area contributed by atoms with Gasteiger partial charge in [0.2, 0.25) is 0 Å². The number of hydrogen-bond donors (Lipinski definition) is 0.